The van der Waals surface area contributed by atoms with Crippen LogP contribution in [0.3, 0.4) is 0 Å². The molecule has 0 fully saturated rings. The summed E-state index contributed by atoms with van der Waals surface area (Å²) in [6.07, 6.45) is 4.01. The van der Waals surface area contributed by atoms with E-state index in [4.69, 9.17) is 22.0 Å². The lowest BCUT2D eigenvalue weighted by Gasteiger charge is -2.09. The van der Waals surface area contributed by atoms with Crippen molar-refractivity contribution in [1.82, 2.24) is 14.8 Å². The average molecular weight is 380 g/mol. The number of anilines is 1. The van der Waals surface area contributed by atoms with Crippen molar-refractivity contribution in [1.29, 1.82) is 5.26 Å². The Kier molecular flexibility index (Phi) is 4.43. The van der Waals surface area contributed by atoms with E-state index >= 15 is 0 Å². The Morgan fingerprint density at radius 3 is 2.96 bits per heavy atom. The number of aromatic amines is 1. The molecule has 25 heavy (non-hydrogen) atoms. The zero-order valence-corrected chi connectivity index (χ0v) is 14.6. The molecule has 3 aromatic rings. The molecular weight excluding hydrogens is 366 g/mol. The van der Waals surface area contributed by atoms with Gasteiger partial charge in [0.1, 0.15) is 11.0 Å². The van der Waals surface area contributed by atoms with Crippen molar-refractivity contribution in [2.24, 2.45) is 0 Å². The Bertz CT molecular complexity index is 1080. The lowest BCUT2D eigenvalue weighted by Crippen LogP contribution is -2.13. The quantitative estimate of drug-likeness (QED) is 0.627. The molecule has 0 aliphatic heterocycles. The van der Waals surface area contributed by atoms with E-state index in [-0.39, 0.29) is 23.2 Å². The van der Waals surface area contributed by atoms with Gasteiger partial charge in [0.05, 0.1) is 40.6 Å². The van der Waals surface area contributed by atoms with Crippen molar-refractivity contribution in [3.05, 3.63) is 41.3 Å². The first-order valence-electron chi connectivity index (χ1n) is 7.25. The van der Waals surface area contributed by atoms with Crippen LogP contribution in [-0.2, 0) is 10.0 Å². The molecule has 0 radical (unpaired) electrons. The van der Waals surface area contributed by atoms with E-state index in [1.54, 1.807) is 6.92 Å². The first-order chi connectivity index (χ1) is 11.9. The van der Waals surface area contributed by atoms with Gasteiger partial charge in [-0.25, -0.2) is 8.42 Å². The minimum absolute atomic E-state index is 0.0389. The van der Waals surface area contributed by atoms with Crippen molar-refractivity contribution in [2.45, 2.75) is 17.9 Å². The molecular formula is C15H14ClN5O3S. The molecule has 130 valence electrons. The number of rotatable bonds is 5. The number of benzene rings is 1. The van der Waals surface area contributed by atoms with E-state index in [1.165, 1.54) is 35.4 Å². The van der Waals surface area contributed by atoms with Gasteiger partial charge < -0.3 is 10.1 Å². The summed E-state index contributed by atoms with van der Waals surface area (Å²) in [4.78, 5) is 2.83. The van der Waals surface area contributed by atoms with Gasteiger partial charge in [-0.1, -0.05) is 11.6 Å². The van der Waals surface area contributed by atoms with Gasteiger partial charge in [-0.15, -0.1) is 0 Å². The molecule has 8 nitrogen and oxygen atoms in total. The van der Waals surface area contributed by atoms with E-state index < -0.39 is 10.0 Å². The predicted octanol–water partition coefficient (Wildman–Crippen LogP) is 2.24. The summed E-state index contributed by atoms with van der Waals surface area (Å²) in [6.45, 7) is 1.55. The van der Waals surface area contributed by atoms with E-state index in [1.807, 2.05) is 6.07 Å². The van der Waals surface area contributed by atoms with Gasteiger partial charge in [-0.3, -0.25) is 9.40 Å². The number of hydrogen-bond acceptors (Lipinski definition) is 5. The lowest BCUT2D eigenvalue weighted by molar-refractivity contribution is 0.229. The Balaban J connectivity index is 2.01. The summed E-state index contributed by atoms with van der Waals surface area (Å²) in [5, 5.41) is 23.0. The van der Waals surface area contributed by atoms with Gasteiger partial charge in [0.2, 0.25) is 0 Å². The average Bonchev–Trinajstić information content (AvgIpc) is 3.24. The van der Waals surface area contributed by atoms with Gasteiger partial charge in [-0.2, -0.15) is 10.4 Å². The molecule has 3 rings (SSSR count). The van der Waals surface area contributed by atoms with Crippen LogP contribution in [0.4, 0.5) is 5.69 Å². The number of nitrogens with one attached hydrogen (secondary N) is 2. The third kappa shape index (κ3) is 3.07. The Labute approximate surface area is 148 Å². The summed E-state index contributed by atoms with van der Waals surface area (Å²) in [5.41, 5.74) is 1.01. The maximum atomic E-state index is 12.6. The second kappa shape index (κ2) is 6.40. The molecule has 0 saturated heterocycles. The minimum Gasteiger partial charge on any atom is -0.394 e. The number of fused-ring (bicyclic) bond motifs is 1. The maximum absolute atomic E-state index is 12.6. The van der Waals surface area contributed by atoms with Crippen LogP contribution in [0.2, 0.25) is 5.02 Å². The van der Waals surface area contributed by atoms with Crippen LogP contribution < -0.4 is 4.72 Å². The van der Waals surface area contributed by atoms with Crippen molar-refractivity contribution >= 4 is 38.2 Å². The highest BCUT2D eigenvalue weighted by atomic mass is 35.5. The van der Waals surface area contributed by atoms with E-state index in [2.05, 4.69) is 14.8 Å². The number of aliphatic hydroxyl groups is 1. The fraction of sp³-hybridized carbons (Fsp3) is 0.200. The molecule has 0 spiro atoms. The molecule has 10 heteroatoms. The predicted molar refractivity (Wildman–Crippen MR) is 92.9 cm³/mol. The molecule has 1 aromatic carbocycles. The number of sulfonamides is 1. The van der Waals surface area contributed by atoms with Crippen LogP contribution in [0.5, 0.6) is 0 Å². The van der Waals surface area contributed by atoms with Crippen LogP contribution in [0, 0.1) is 11.3 Å². The molecule has 1 atom stereocenters. The fourth-order valence-corrected chi connectivity index (χ4v) is 3.64. The zero-order chi connectivity index (χ0) is 18.2. The third-order valence-corrected chi connectivity index (χ3v) is 5.39. The molecule has 0 saturated carbocycles. The third-order valence-electron chi connectivity index (χ3n) is 3.75. The molecule has 0 amide bonds. The fourth-order valence-electron chi connectivity index (χ4n) is 2.37. The molecule has 2 aromatic heterocycles. The van der Waals surface area contributed by atoms with Gasteiger partial charge in [0, 0.05) is 17.8 Å². The first-order valence-corrected chi connectivity index (χ1v) is 9.11. The standard InChI is InChI=1S/C15H14ClN5O3S/c1-9(8-22)21-7-11(6-19-21)25(23,24)20-13-3-2-12(16)14-10(4-17)5-18-15(13)14/h2-3,5-7,9,18,20,22H,8H2,1H3/t9-/m1/s1. The van der Waals surface area contributed by atoms with E-state index in [0.717, 1.165) is 0 Å². The number of H-pyrrole nitrogens is 1. The van der Waals surface area contributed by atoms with Crippen molar-refractivity contribution in [2.75, 3.05) is 11.3 Å². The van der Waals surface area contributed by atoms with Crippen molar-refractivity contribution in [3.8, 4) is 6.07 Å². The van der Waals surface area contributed by atoms with Crippen LogP contribution >= 0.6 is 11.6 Å². The number of hydrogen-bond donors (Lipinski definition) is 3. The highest BCUT2D eigenvalue weighted by Crippen LogP contribution is 2.32. The van der Waals surface area contributed by atoms with Crippen LogP contribution in [0.25, 0.3) is 10.9 Å². The molecule has 0 aliphatic carbocycles. The largest absolute Gasteiger partial charge is 0.394 e. The second-order valence-corrected chi connectivity index (χ2v) is 7.54. The van der Waals surface area contributed by atoms with Crippen LogP contribution in [0.1, 0.15) is 18.5 Å². The molecule has 3 N–H and O–H groups in total. The smallest absolute Gasteiger partial charge is 0.265 e. The maximum Gasteiger partial charge on any atom is 0.265 e. The number of halogens is 1. The SMILES string of the molecule is C[C@H](CO)n1cc(S(=O)(=O)Nc2ccc(Cl)c3c(C#N)c[nH]c23)cn1. The van der Waals surface area contributed by atoms with Crippen molar-refractivity contribution in [3.63, 3.8) is 0 Å². The summed E-state index contributed by atoms with van der Waals surface area (Å²) >= 11 is 6.11. The number of nitriles is 1. The van der Waals surface area contributed by atoms with Crippen molar-refractivity contribution < 1.29 is 13.5 Å². The van der Waals surface area contributed by atoms with Gasteiger partial charge >= 0.3 is 0 Å². The topological polar surface area (TPSA) is 124 Å². The normalized spacial score (nSPS) is 12.9. The van der Waals surface area contributed by atoms with Gasteiger partial charge in [0.25, 0.3) is 10.0 Å². The first kappa shape index (κ1) is 17.3. The van der Waals surface area contributed by atoms with Gasteiger partial charge in [0.15, 0.2) is 0 Å². The number of aliphatic hydroxyl groups excluding tert-OH is 1. The second-order valence-electron chi connectivity index (χ2n) is 5.45. The van der Waals surface area contributed by atoms with E-state index in [0.29, 0.717) is 21.5 Å². The van der Waals surface area contributed by atoms with Crippen LogP contribution in [0.15, 0.2) is 35.6 Å². The number of nitrogens with zero attached hydrogens (tertiary/aromatic N) is 3. The minimum atomic E-state index is -3.90. The Hall–Kier alpha value is -2.54. The van der Waals surface area contributed by atoms with Gasteiger partial charge in [-0.05, 0) is 19.1 Å². The molecule has 0 unspecified atom stereocenters. The molecule has 0 bridgehead atoms. The summed E-state index contributed by atoms with van der Waals surface area (Å²) in [5.74, 6) is 0. The van der Waals surface area contributed by atoms with Crippen LogP contribution in [-0.4, -0.2) is 34.9 Å². The van der Waals surface area contributed by atoms with E-state index in [9.17, 15) is 8.42 Å². The molecule has 0 aliphatic rings. The summed E-state index contributed by atoms with van der Waals surface area (Å²) < 4.78 is 29.0. The highest BCUT2D eigenvalue weighted by Gasteiger charge is 2.20. The zero-order valence-electron chi connectivity index (χ0n) is 13.1. The number of aromatic nitrogens is 3. The lowest BCUT2D eigenvalue weighted by atomic mass is 10.1. The Morgan fingerprint density at radius 2 is 2.28 bits per heavy atom. The Morgan fingerprint density at radius 1 is 1.52 bits per heavy atom. The summed E-state index contributed by atoms with van der Waals surface area (Å²) in [6, 6.07) is 4.70. The summed E-state index contributed by atoms with van der Waals surface area (Å²) in [7, 11) is -3.90. The molecule has 2 heterocycles. The highest BCUT2D eigenvalue weighted by molar-refractivity contribution is 7.92. The monoisotopic (exact) mass is 379 g/mol.